The van der Waals surface area contributed by atoms with E-state index in [2.05, 4.69) is 23.7 Å². The van der Waals surface area contributed by atoms with Crippen LogP contribution in [-0.4, -0.2) is 12.4 Å². The van der Waals surface area contributed by atoms with E-state index in [-0.39, 0.29) is 0 Å². The fourth-order valence-corrected chi connectivity index (χ4v) is 1.61. The zero-order valence-corrected chi connectivity index (χ0v) is 8.67. The fourth-order valence-electron chi connectivity index (χ4n) is 1.61. The Morgan fingerprint density at radius 2 is 2.40 bits per heavy atom. The average Bonchev–Trinajstić information content (AvgIpc) is 2.85. The van der Waals surface area contributed by atoms with E-state index in [1.807, 2.05) is 12.2 Å². The minimum Gasteiger partial charge on any atom is -0.458 e. The van der Waals surface area contributed by atoms with E-state index in [0.29, 0.717) is 0 Å². The number of rotatable bonds is 0. The van der Waals surface area contributed by atoms with E-state index in [9.17, 15) is 0 Å². The van der Waals surface area contributed by atoms with Gasteiger partial charge in [0.25, 0.3) is 0 Å². The highest BCUT2D eigenvalue weighted by molar-refractivity contribution is 5.35. The van der Waals surface area contributed by atoms with E-state index in [1.54, 1.807) is 13.0 Å². The Bertz CT molecular complexity index is 415. The molecule has 1 fully saturated rings. The summed E-state index contributed by atoms with van der Waals surface area (Å²) >= 11 is 0. The molecule has 2 aliphatic rings. The lowest BCUT2D eigenvalue weighted by atomic mass is 10.2. The maximum Gasteiger partial charge on any atom is 0.230 e. The SMILES string of the molecule is CC#CC#C/C=C1/C=CC2(CCCO2)O1. The molecule has 1 unspecified atom stereocenters. The predicted octanol–water partition coefficient (Wildman–Crippen LogP) is 1.99. The van der Waals surface area contributed by atoms with Crippen LogP contribution >= 0.6 is 0 Å². The lowest BCUT2D eigenvalue weighted by molar-refractivity contribution is -0.135. The number of hydrogen-bond donors (Lipinski definition) is 0. The van der Waals surface area contributed by atoms with Gasteiger partial charge in [-0.2, -0.15) is 0 Å². The van der Waals surface area contributed by atoms with Crippen LogP contribution in [0.4, 0.5) is 0 Å². The van der Waals surface area contributed by atoms with Gasteiger partial charge in [0.1, 0.15) is 5.76 Å². The Hall–Kier alpha value is -1.64. The Labute approximate surface area is 90.0 Å². The lowest BCUT2D eigenvalue weighted by Crippen LogP contribution is -2.24. The van der Waals surface area contributed by atoms with Crippen LogP contribution in [-0.2, 0) is 9.47 Å². The van der Waals surface area contributed by atoms with Crippen LogP contribution in [0.2, 0.25) is 0 Å². The molecule has 15 heavy (non-hydrogen) atoms. The van der Waals surface area contributed by atoms with Crippen LogP contribution in [0.5, 0.6) is 0 Å². The van der Waals surface area contributed by atoms with Crippen molar-refractivity contribution in [2.24, 2.45) is 0 Å². The maximum atomic E-state index is 5.67. The van der Waals surface area contributed by atoms with Gasteiger partial charge in [0.2, 0.25) is 5.79 Å². The largest absolute Gasteiger partial charge is 0.458 e. The molecule has 0 aliphatic carbocycles. The molecule has 0 bridgehead atoms. The number of allylic oxidation sites excluding steroid dienone is 2. The van der Waals surface area contributed by atoms with Crippen molar-refractivity contribution in [3.05, 3.63) is 24.0 Å². The second-order valence-electron chi connectivity index (χ2n) is 3.39. The highest BCUT2D eigenvalue weighted by Crippen LogP contribution is 2.35. The molecule has 1 saturated heterocycles. The lowest BCUT2D eigenvalue weighted by Gasteiger charge is -2.20. The summed E-state index contributed by atoms with van der Waals surface area (Å²) in [4.78, 5) is 0. The van der Waals surface area contributed by atoms with Crippen molar-refractivity contribution in [2.75, 3.05) is 6.61 Å². The summed E-state index contributed by atoms with van der Waals surface area (Å²) in [6.45, 7) is 2.53. The maximum absolute atomic E-state index is 5.67. The van der Waals surface area contributed by atoms with Crippen molar-refractivity contribution in [1.82, 2.24) is 0 Å². The zero-order chi connectivity index (χ0) is 10.6. The molecule has 2 heteroatoms. The summed E-state index contributed by atoms with van der Waals surface area (Å²) < 4.78 is 11.2. The Balaban J connectivity index is 2.01. The van der Waals surface area contributed by atoms with Crippen molar-refractivity contribution in [3.8, 4) is 23.7 Å². The first-order valence-corrected chi connectivity index (χ1v) is 4.99. The number of ether oxygens (including phenoxy) is 2. The highest BCUT2D eigenvalue weighted by Gasteiger charge is 2.38. The van der Waals surface area contributed by atoms with Crippen LogP contribution < -0.4 is 0 Å². The molecule has 1 spiro atoms. The smallest absolute Gasteiger partial charge is 0.230 e. The van der Waals surface area contributed by atoms with Crippen molar-refractivity contribution in [3.63, 3.8) is 0 Å². The normalized spacial score (nSPS) is 29.5. The molecule has 0 aromatic rings. The molecule has 0 N–H and O–H groups in total. The van der Waals surface area contributed by atoms with E-state index >= 15 is 0 Å². The van der Waals surface area contributed by atoms with Gasteiger partial charge < -0.3 is 9.47 Å². The molecular formula is C13H12O2. The second kappa shape index (κ2) is 4.26. The summed E-state index contributed by atoms with van der Waals surface area (Å²) in [5.74, 6) is 11.1. The van der Waals surface area contributed by atoms with Crippen LogP contribution in [0.25, 0.3) is 0 Å². The van der Waals surface area contributed by atoms with Crippen molar-refractivity contribution in [1.29, 1.82) is 0 Å². The second-order valence-corrected chi connectivity index (χ2v) is 3.39. The van der Waals surface area contributed by atoms with Crippen molar-refractivity contribution in [2.45, 2.75) is 25.6 Å². The van der Waals surface area contributed by atoms with E-state index < -0.39 is 5.79 Å². The van der Waals surface area contributed by atoms with E-state index in [4.69, 9.17) is 9.47 Å². The van der Waals surface area contributed by atoms with Crippen molar-refractivity contribution >= 4 is 0 Å². The Morgan fingerprint density at radius 3 is 3.13 bits per heavy atom. The first kappa shape index (κ1) is 9.90. The third kappa shape index (κ3) is 2.24. The van der Waals surface area contributed by atoms with Gasteiger partial charge in [-0.05, 0) is 37.3 Å². The first-order chi connectivity index (χ1) is 7.35. The molecule has 2 rings (SSSR count). The fraction of sp³-hybridized carbons (Fsp3) is 0.385. The molecule has 0 aromatic heterocycles. The summed E-state index contributed by atoms with van der Waals surface area (Å²) in [5, 5.41) is 0. The molecule has 2 heterocycles. The minimum absolute atomic E-state index is 0.496. The summed E-state index contributed by atoms with van der Waals surface area (Å²) in [5.41, 5.74) is 0. The molecule has 2 nitrogen and oxygen atoms in total. The monoisotopic (exact) mass is 200 g/mol. The molecule has 1 atom stereocenters. The van der Waals surface area contributed by atoms with Gasteiger partial charge in [-0.3, -0.25) is 0 Å². The number of hydrogen-bond acceptors (Lipinski definition) is 2. The first-order valence-electron chi connectivity index (χ1n) is 4.99. The summed E-state index contributed by atoms with van der Waals surface area (Å²) in [6.07, 6.45) is 7.54. The molecule has 2 aliphatic heterocycles. The summed E-state index contributed by atoms with van der Waals surface area (Å²) in [6, 6.07) is 0. The molecule has 76 valence electrons. The highest BCUT2D eigenvalue weighted by atomic mass is 16.7. The third-order valence-electron chi connectivity index (χ3n) is 2.28. The summed E-state index contributed by atoms with van der Waals surface area (Å²) in [7, 11) is 0. The molecule has 0 amide bonds. The van der Waals surface area contributed by atoms with Crippen molar-refractivity contribution < 1.29 is 9.47 Å². The van der Waals surface area contributed by atoms with Gasteiger partial charge in [0.05, 0.1) is 6.61 Å². The third-order valence-corrected chi connectivity index (χ3v) is 2.28. The molecule has 0 saturated carbocycles. The molecule has 0 aromatic carbocycles. The van der Waals surface area contributed by atoms with Gasteiger partial charge >= 0.3 is 0 Å². The van der Waals surface area contributed by atoms with Crippen LogP contribution in [0, 0.1) is 23.7 Å². The molecular weight excluding hydrogens is 188 g/mol. The Morgan fingerprint density at radius 1 is 1.47 bits per heavy atom. The van der Waals surface area contributed by atoms with Gasteiger partial charge in [0, 0.05) is 12.5 Å². The average molecular weight is 200 g/mol. The molecule has 0 radical (unpaired) electrons. The van der Waals surface area contributed by atoms with Gasteiger partial charge in [-0.25, -0.2) is 0 Å². The standard InChI is InChI=1S/C13H12O2/c1-2-3-4-5-7-12-8-10-13(15-12)9-6-11-14-13/h7-8,10H,6,9,11H2,1H3/b12-7-. The zero-order valence-electron chi connectivity index (χ0n) is 8.67. The van der Waals surface area contributed by atoms with E-state index in [0.717, 1.165) is 25.2 Å². The quantitative estimate of drug-likeness (QED) is 0.557. The van der Waals surface area contributed by atoms with Crippen LogP contribution in [0.1, 0.15) is 19.8 Å². The van der Waals surface area contributed by atoms with Gasteiger partial charge in [-0.1, -0.05) is 11.8 Å². The minimum atomic E-state index is -0.496. The predicted molar refractivity (Wildman–Crippen MR) is 57.5 cm³/mol. The Kier molecular flexibility index (Phi) is 2.81. The van der Waals surface area contributed by atoms with Crippen LogP contribution in [0.3, 0.4) is 0 Å². The van der Waals surface area contributed by atoms with Crippen LogP contribution in [0.15, 0.2) is 24.0 Å². The topological polar surface area (TPSA) is 18.5 Å². The van der Waals surface area contributed by atoms with Gasteiger partial charge in [-0.15, -0.1) is 0 Å². The van der Waals surface area contributed by atoms with Gasteiger partial charge in [0.15, 0.2) is 0 Å². The van der Waals surface area contributed by atoms with E-state index in [1.165, 1.54) is 0 Å².